The van der Waals surface area contributed by atoms with E-state index in [1.54, 1.807) is 0 Å². The molecule has 0 radical (unpaired) electrons. The second kappa shape index (κ2) is 6.17. The van der Waals surface area contributed by atoms with Crippen LogP contribution >= 0.6 is 0 Å². The highest BCUT2D eigenvalue weighted by Gasteiger charge is 2.00. The average Bonchev–Trinajstić information content (AvgIpc) is 2.40. The maximum absolute atomic E-state index is 8.84. The minimum Gasteiger partial charge on any atom is -0.309 e. The van der Waals surface area contributed by atoms with Crippen molar-refractivity contribution in [3.05, 3.63) is 70.3 Å². The largest absolute Gasteiger partial charge is 0.309 e. The first-order valence-corrected chi connectivity index (χ1v) is 6.45. The molecule has 0 spiro atoms. The van der Waals surface area contributed by atoms with Crippen molar-refractivity contribution >= 4 is 0 Å². The molecule has 0 fully saturated rings. The van der Waals surface area contributed by atoms with Crippen LogP contribution in [0.1, 0.15) is 27.8 Å². The molecule has 1 N–H and O–H groups in total. The Bertz CT molecular complexity index is 609. The van der Waals surface area contributed by atoms with Crippen LogP contribution in [-0.2, 0) is 13.1 Å². The lowest BCUT2D eigenvalue weighted by atomic mass is 10.1. The highest BCUT2D eigenvalue weighted by atomic mass is 14.8. The summed E-state index contributed by atoms with van der Waals surface area (Å²) in [6.07, 6.45) is 0. The molecule has 2 aromatic carbocycles. The first kappa shape index (κ1) is 13.3. The summed E-state index contributed by atoms with van der Waals surface area (Å²) < 4.78 is 0. The quantitative estimate of drug-likeness (QED) is 0.902. The molecule has 0 aromatic heterocycles. The van der Waals surface area contributed by atoms with E-state index < -0.39 is 0 Å². The van der Waals surface area contributed by atoms with E-state index in [-0.39, 0.29) is 0 Å². The molecule has 0 atom stereocenters. The summed E-state index contributed by atoms with van der Waals surface area (Å²) in [5.41, 5.74) is 5.71. The minimum absolute atomic E-state index is 0.722. The normalized spacial score (nSPS) is 10.2. The SMILES string of the molecule is Cc1cccc(CNCc2ccc(C#N)cc2C)c1. The van der Waals surface area contributed by atoms with Gasteiger partial charge >= 0.3 is 0 Å². The second-order valence-electron chi connectivity index (χ2n) is 4.85. The molecule has 0 saturated carbocycles. The van der Waals surface area contributed by atoms with Crippen molar-refractivity contribution in [2.24, 2.45) is 0 Å². The van der Waals surface area contributed by atoms with Gasteiger partial charge in [-0.2, -0.15) is 5.26 Å². The van der Waals surface area contributed by atoms with E-state index in [9.17, 15) is 0 Å². The number of rotatable bonds is 4. The van der Waals surface area contributed by atoms with Crippen LogP contribution in [0.4, 0.5) is 0 Å². The molecule has 2 heteroatoms. The molecule has 19 heavy (non-hydrogen) atoms. The molecule has 0 bridgehead atoms. The molecule has 0 amide bonds. The Morgan fingerprint density at radius 3 is 2.58 bits per heavy atom. The van der Waals surface area contributed by atoms with Crippen molar-refractivity contribution in [3.63, 3.8) is 0 Å². The maximum Gasteiger partial charge on any atom is 0.0991 e. The number of hydrogen-bond donors (Lipinski definition) is 1. The smallest absolute Gasteiger partial charge is 0.0991 e. The van der Waals surface area contributed by atoms with E-state index in [0.717, 1.165) is 24.2 Å². The van der Waals surface area contributed by atoms with Gasteiger partial charge in [-0.25, -0.2) is 0 Å². The molecule has 96 valence electrons. The number of aryl methyl sites for hydroxylation is 2. The lowest BCUT2D eigenvalue weighted by Gasteiger charge is -2.08. The molecule has 0 heterocycles. The van der Waals surface area contributed by atoms with E-state index in [2.05, 4.69) is 42.6 Å². The van der Waals surface area contributed by atoms with Gasteiger partial charge in [-0.1, -0.05) is 35.9 Å². The summed E-state index contributed by atoms with van der Waals surface area (Å²) in [5, 5.41) is 12.3. The fourth-order valence-corrected chi connectivity index (χ4v) is 2.13. The van der Waals surface area contributed by atoms with E-state index in [1.165, 1.54) is 16.7 Å². The van der Waals surface area contributed by atoms with Crippen LogP contribution in [0.2, 0.25) is 0 Å². The van der Waals surface area contributed by atoms with Crippen molar-refractivity contribution in [1.29, 1.82) is 5.26 Å². The zero-order valence-electron chi connectivity index (χ0n) is 11.4. The predicted molar refractivity (Wildman–Crippen MR) is 77.6 cm³/mol. The Morgan fingerprint density at radius 1 is 1.05 bits per heavy atom. The monoisotopic (exact) mass is 250 g/mol. The Balaban J connectivity index is 1.94. The van der Waals surface area contributed by atoms with Crippen molar-refractivity contribution < 1.29 is 0 Å². The third-order valence-corrected chi connectivity index (χ3v) is 3.20. The Hall–Kier alpha value is -2.11. The molecule has 2 nitrogen and oxygen atoms in total. The zero-order valence-corrected chi connectivity index (χ0v) is 11.4. The van der Waals surface area contributed by atoms with Gasteiger partial charge < -0.3 is 5.32 Å². The van der Waals surface area contributed by atoms with Crippen molar-refractivity contribution in [1.82, 2.24) is 5.32 Å². The number of hydrogen-bond acceptors (Lipinski definition) is 2. The van der Waals surface area contributed by atoms with Crippen LogP contribution in [0.25, 0.3) is 0 Å². The summed E-state index contributed by atoms with van der Waals surface area (Å²) in [7, 11) is 0. The van der Waals surface area contributed by atoms with Crippen molar-refractivity contribution in [2.75, 3.05) is 0 Å². The molecular weight excluding hydrogens is 232 g/mol. The van der Waals surface area contributed by atoms with Crippen LogP contribution in [0.3, 0.4) is 0 Å². The fourth-order valence-electron chi connectivity index (χ4n) is 2.13. The minimum atomic E-state index is 0.722. The summed E-state index contributed by atoms with van der Waals surface area (Å²) in [6.45, 7) is 5.84. The van der Waals surface area contributed by atoms with Crippen LogP contribution in [0.5, 0.6) is 0 Å². The van der Waals surface area contributed by atoms with Gasteiger partial charge in [-0.05, 0) is 42.7 Å². The third kappa shape index (κ3) is 3.67. The highest BCUT2D eigenvalue weighted by Crippen LogP contribution is 2.11. The number of nitriles is 1. The molecule has 2 aromatic rings. The van der Waals surface area contributed by atoms with Crippen molar-refractivity contribution in [2.45, 2.75) is 26.9 Å². The summed E-state index contributed by atoms with van der Waals surface area (Å²) in [6, 6.07) is 16.5. The van der Waals surface area contributed by atoms with E-state index in [0.29, 0.717) is 0 Å². The second-order valence-corrected chi connectivity index (χ2v) is 4.85. The van der Waals surface area contributed by atoms with Crippen LogP contribution < -0.4 is 5.32 Å². The molecule has 0 aliphatic rings. The average molecular weight is 250 g/mol. The fraction of sp³-hybridized carbons (Fsp3) is 0.235. The summed E-state index contributed by atoms with van der Waals surface area (Å²) >= 11 is 0. The summed E-state index contributed by atoms with van der Waals surface area (Å²) in [5.74, 6) is 0. The van der Waals surface area contributed by atoms with E-state index in [1.807, 2.05) is 25.1 Å². The van der Waals surface area contributed by atoms with Crippen LogP contribution in [0, 0.1) is 25.2 Å². The third-order valence-electron chi connectivity index (χ3n) is 3.20. The van der Waals surface area contributed by atoms with Crippen molar-refractivity contribution in [3.8, 4) is 6.07 Å². The molecule has 0 unspecified atom stereocenters. The van der Waals surface area contributed by atoms with Gasteiger partial charge in [0.05, 0.1) is 11.6 Å². The lowest BCUT2D eigenvalue weighted by Crippen LogP contribution is -2.13. The lowest BCUT2D eigenvalue weighted by molar-refractivity contribution is 0.690. The van der Waals surface area contributed by atoms with Gasteiger partial charge in [-0.3, -0.25) is 0 Å². The van der Waals surface area contributed by atoms with Gasteiger partial charge in [0.2, 0.25) is 0 Å². The van der Waals surface area contributed by atoms with E-state index in [4.69, 9.17) is 5.26 Å². The zero-order chi connectivity index (χ0) is 13.7. The van der Waals surface area contributed by atoms with Gasteiger partial charge in [0.15, 0.2) is 0 Å². The Kier molecular flexibility index (Phi) is 4.33. The molecular formula is C17H18N2. The maximum atomic E-state index is 8.84. The van der Waals surface area contributed by atoms with Gasteiger partial charge in [-0.15, -0.1) is 0 Å². The Labute approximate surface area is 114 Å². The first-order valence-electron chi connectivity index (χ1n) is 6.45. The van der Waals surface area contributed by atoms with Crippen LogP contribution in [-0.4, -0.2) is 0 Å². The van der Waals surface area contributed by atoms with E-state index >= 15 is 0 Å². The molecule has 0 aliphatic carbocycles. The molecule has 2 rings (SSSR count). The predicted octanol–water partition coefficient (Wildman–Crippen LogP) is 3.46. The van der Waals surface area contributed by atoms with Gasteiger partial charge in [0.1, 0.15) is 0 Å². The number of nitrogens with one attached hydrogen (secondary N) is 1. The van der Waals surface area contributed by atoms with Gasteiger partial charge in [0.25, 0.3) is 0 Å². The standard InChI is InChI=1S/C17H18N2/c1-13-4-3-5-16(8-13)11-19-12-17-7-6-15(10-18)9-14(17)2/h3-9,19H,11-12H2,1-2H3. The first-order chi connectivity index (χ1) is 9.19. The van der Waals surface area contributed by atoms with Gasteiger partial charge in [0, 0.05) is 13.1 Å². The topological polar surface area (TPSA) is 35.8 Å². The molecule has 0 saturated heterocycles. The summed E-state index contributed by atoms with van der Waals surface area (Å²) in [4.78, 5) is 0. The van der Waals surface area contributed by atoms with Crippen LogP contribution in [0.15, 0.2) is 42.5 Å². The Morgan fingerprint density at radius 2 is 1.89 bits per heavy atom. The highest BCUT2D eigenvalue weighted by molar-refractivity contribution is 5.37. The number of benzene rings is 2. The molecule has 0 aliphatic heterocycles. The number of nitrogens with zero attached hydrogens (tertiary/aromatic N) is 1.